The second kappa shape index (κ2) is 8.22. The molecule has 6 heteroatoms. The summed E-state index contributed by atoms with van der Waals surface area (Å²) >= 11 is 0. The Morgan fingerprint density at radius 1 is 1.10 bits per heavy atom. The summed E-state index contributed by atoms with van der Waals surface area (Å²) in [6, 6.07) is 8.50. The molecule has 0 aromatic heterocycles. The molecule has 1 aromatic carbocycles. The Balaban J connectivity index is 1.55. The van der Waals surface area contributed by atoms with Crippen molar-refractivity contribution in [2.75, 3.05) is 0 Å². The second-order valence-electron chi connectivity index (χ2n) is 10.1. The standard InChI is InChI=1S/C24H33NO5/c1-24(2,3)30-23(28)25-19-12-11-17(21(26)18(19)13-15-9-10-15)20(25)22(27)29-14-16-7-5-4-6-8-16/h4-8,15,17-21,26H,9-14H2,1-3H3/t17-,18?,19-,20+,21?/m0/s1. The van der Waals surface area contributed by atoms with Crippen LogP contribution in [0.3, 0.4) is 0 Å². The van der Waals surface area contributed by atoms with Crippen LogP contribution in [0.4, 0.5) is 4.79 Å². The summed E-state index contributed by atoms with van der Waals surface area (Å²) in [5.74, 6) is -0.132. The summed E-state index contributed by atoms with van der Waals surface area (Å²) < 4.78 is 11.3. The highest BCUT2D eigenvalue weighted by Crippen LogP contribution is 2.49. The Morgan fingerprint density at radius 2 is 1.80 bits per heavy atom. The molecule has 6 nitrogen and oxygen atoms in total. The SMILES string of the molecule is CC(C)(C)OC(=O)N1[C@H]2CC[C@H](C(O)C2CC2CC2)[C@@H]1C(=O)OCc1ccccc1. The van der Waals surface area contributed by atoms with Crippen LogP contribution < -0.4 is 0 Å². The van der Waals surface area contributed by atoms with Gasteiger partial charge in [0, 0.05) is 17.9 Å². The fourth-order valence-corrected chi connectivity index (χ4v) is 5.10. The molecule has 2 heterocycles. The number of carbonyl (C=O) groups is 2. The lowest BCUT2D eigenvalue weighted by atomic mass is 9.65. The van der Waals surface area contributed by atoms with Gasteiger partial charge >= 0.3 is 12.1 Å². The van der Waals surface area contributed by atoms with E-state index in [9.17, 15) is 14.7 Å². The maximum Gasteiger partial charge on any atom is 0.411 e. The molecule has 5 rings (SSSR count). The van der Waals surface area contributed by atoms with E-state index in [0.717, 1.165) is 24.8 Å². The molecule has 0 radical (unpaired) electrons. The number of hydrogen-bond donors (Lipinski definition) is 1. The predicted octanol–water partition coefficient (Wildman–Crippen LogP) is 3.90. The first-order valence-corrected chi connectivity index (χ1v) is 11.1. The molecule has 2 saturated carbocycles. The molecule has 30 heavy (non-hydrogen) atoms. The number of amides is 1. The third kappa shape index (κ3) is 4.48. The van der Waals surface area contributed by atoms with Gasteiger partial charge in [-0.25, -0.2) is 9.59 Å². The van der Waals surface area contributed by atoms with Gasteiger partial charge in [-0.2, -0.15) is 0 Å². The highest BCUT2D eigenvalue weighted by molar-refractivity contribution is 5.83. The van der Waals surface area contributed by atoms with Gasteiger partial charge in [0.05, 0.1) is 6.10 Å². The summed E-state index contributed by atoms with van der Waals surface area (Å²) in [6.07, 6.45) is 3.74. The van der Waals surface area contributed by atoms with Gasteiger partial charge in [0.2, 0.25) is 0 Å². The number of carbonyl (C=O) groups excluding carboxylic acids is 2. The van der Waals surface area contributed by atoms with Crippen LogP contribution in [0.2, 0.25) is 0 Å². The lowest BCUT2D eigenvalue weighted by Crippen LogP contribution is -2.69. The first-order valence-electron chi connectivity index (χ1n) is 11.1. The fraction of sp³-hybridized carbons (Fsp3) is 0.667. The smallest absolute Gasteiger partial charge is 0.411 e. The number of aliphatic hydroxyl groups excluding tert-OH is 1. The predicted molar refractivity (Wildman–Crippen MR) is 111 cm³/mol. The number of benzene rings is 1. The van der Waals surface area contributed by atoms with E-state index in [0.29, 0.717) is 5.92 Å². The molecule has 164 valence electrons. The van der Waals surface area contributed by atoms with Crippen molar-refractivity contribution < 1.29 is 24.2 Å². The third-order valence-electron chi connectivity index (χ3n) is 6.60. The van der Waals surface area contributed by atoms with E-state index in [-0.39, 0.29) is 24.5 Å². The Kier molecular flexibility index (Phi) is 5.80. The summed E-state index contributed by atoms with van der Waals surface area (Å²) in [5, 5.41) is 11.1. The van der Waals surface area contributed by atoms with Gasteiger partial charge in [-0.15, -0.1) is 0 Å². The molecular formula is C24H33NO5. The summed E-state index contributed by atoms with van der Waals surface area (Å²) in [6.45, 7) is 5.63. The fourth-order valence-electron chi connectivity index (χ4n) is 5.10. The molecule has 5 atom stereocenters. The van der Waals surface area contributed by atoms with Crippen molar-refractivity contribution in [1.82, 2.24) is 4.90 Å². The first-order chi connectivity index (χ1) is 14.2. The van der Waals surface area contributed by atoms with E-state index in [2.05, 4.69) is 0 Å². The van der Waals surface area contributed by atoms with Crippen LogP contribution in [-0.2, 0) is 20.9 Å². The highest BCUT2D eigenvalue weighted by atomic mass is 16.6. The van der Waals surface area contributed by atoms with E-state index < -0.39 is 29.8 Å². The van der Waals surface area contributed by atoms with Crippen molar-refractivity contribution in [2.24, 2.45) is 17.8 Å². The number of hydrogen-bond acceptors (Lipinski definition) is 5. The zero-order valence-electron chi connectivity index (χ0n) is 18.1. The molecular weight excluding hydrogens is 382 g/mol. The number of aliphatic hydroxyl groups is 1. The summed E-state index contributed by atoms with van der Waals surface area (Å²) in [5.41, 5.74) is 0.236. The first kappa shape index (κ1) is 21.2. The minimum Gasteiger partial charge on any atom is -0.459 e. The molecule has 0 spiro atoms. The molecule has 2 bridgehead atoms. The number of fused-ring (bicyclic) bond motifs is 3. The van der Waals surface area contributed by atoms with Crippen LogP contribution in [-0.4, -0.2) is 45.9 Å². The van der Waals surface area contributed by atoms with Crippen LogP contribution in [0.15, 0.2) is 30.3 Å². The summed E-state index contributed by atoms with van der Waals surface area (Å²) in [4.78, 5) is 27.9. The topological polar surface area (TPSA) is 76.1 Å². The zero-order chi connectivity index (χ0) is 21.5. The Bertz CT molecular complexity index is 770. The van der Waals surface area contributed by atoms with Gasteiger partial charge < -0.3 is 14.6 Å². The van der Waals surface area contributed by atoms with E-state index >= 15 is 0 Å². The number of rotatable bonds is 5. The minimum absolute atomic E-state index is 0.00180. The van der Waals surface area contributed by atoms with Crippen LogP contribution in [0.1, 0.15) is 58.4 Å². The molecule has 2 aliphatic heterocycles. The maximum absolute atomic E-state index is 13.2. The quantitative estimate of drug-likeness (QED) is 0.738. The van der Waals surface area contributed by atoms with Crippen molar-refractivity contribution in [3.05, 3.63) is 35.9 Å². The molecule has 1 amide bonds. The van der Waals surface area contributed by atoms with Crippen molar-refractivity contribution in [3.63, 3.8) is 0 Å². The lowest BCUT2D eigenvalue weighted by molar-refractivity contribution is -0.176. The minimum atomic E-state index is -0.798. The molecule has 2 aliphatic carbocycles. The van der Waals surface area contributed by atoms with E-state index in [4.69, 9.17) is 9.47 Å². The average Bonchev–Trinajstić information content (AvgIpc) is 3.51. The highest BCUT2D eigenvalue weighted by Gasteiger charge is 2.58. The van der Waals surface area contributed by atoms with E-state index in [1.54, 1.807) is 4.90 Å². The normalized spacial score (nSPS) is 30.8. The van der Waals surface area contributed by atoms with Crippen LogP contribution in [0.5, 0.6) is 0 Å². The molecule has 1 aromatic rings. The number of esters is 1. The molecule has 2 unspecified atom stereocenters. The largest absolute Gasteiger partial charge is 0.459 e. The molecule has 1 N–H and O–H groups in total. The summed E-state index contributed by atoms with van der Waals surface area (Å²) in [7, 11) is 0. The van der Waals surface area contributed by atoms with Crippen molar-refractivity contribution in [3.8, 4) is 0 Å². The van der Waals surface area contributed by atoms with Gasteiger partial charge in [-0.05, 0) is 51.5 Å². The van der Waals surface area contributed by atoms with Gasteiger partial charge in [0.25, 0.3) is 0 Å². The molecule has 2 saturated heterocycles. The van der Waals surface area contributed by atoms with Gasteiger partial charge in [0.1, 0.15) is 18.2 Å². The van der Waals surface area contributed by atoms with E-state index in [1.165, 1.54) is 12.8 Å². The van der Waals surface area contributed by atoms with Crippen LogP contribution in [0, 0.1) is 17.8 Å². The monoisotopic (exact) mass is 415 g/mol. The Morgan fingerprint density at radius 3 is 2.43 bits per heavy atom. The maximum atomic E-state index is 13.2. The van der Waals surface area contributed by atoms with Crippen molar-refractivity contribution in [1.29, 1.82) is 0 Å². The number of nitrogens with zero attached hydrogens (tertiary/aromatic N) is 1. The van der Waals surface area contributed by atoms with Crippen LogP contribution in [0.25, 0.3) is 0 Å². The second-order valence-corrected chi connectivity index (χ2v) is 10.1. The van der Waals surface area contributed by atoms with Crippen molar-refractivity contribution >= 4 is 12.1 Å². The van der Waals surface area contributed by atoms with Gasteiger partial charge in [0.15, 0.2) is 0 Å². The Hall–Kier alpha value is -2.08. The van der Waals surface area contributed by atoms with Gasteiger partial charge in [-0.3, -0.25) is 4.90 Å². The molecule has 4 fully saturated rings. The number of piperidine rings is 2. The zero-order valence-corrected chi connectivity index (χ0v) is 18.1. The van der Waals surface area contributed by atoms with E-state index in [1.807, 2.05) is 51.1 Å². The third-order valence-corrected chi connectivity index (χ3v) is 6.60. The molecule has 4 aliphatic rings. The average molecular weight is 416 g/mol. The number of ether oxygens (including phenoxy) is 2. The van der Waals surface area contributed by atoms with Crippen LogP contribution >= 0.6 is 0 Å². The Labute approximate surface area is 178 Å². The van der Waals surface area contributed by atoms with Crippen molar-refractivity contribution in [2.45, 2.75) is 83.3 Å². The van der Waals surface area contributed by atoms with Gasteiger partial charge in [-0.1, -0.05) is 43.2 Å². The lowest BCUT2D eigenvalue weighted by Gasteiger charge is -2.55.